The van der Waals surface area contributed by atoms with Gasteiger partial charge in [0.1, 0.15) is 6.07 Å². The number of hydrogen-bond acceptors (Lipinski definition) is 3. The standard InChI is InChI=1S/C7H5ClN2.C7H14O/c8-6-2-1-5(4-9)7(10)3-6;1-6-3-2-4-7(8)5-6/h1-3H,10H2;6-8H,2-5H2,1H3. The monoisotopic (exact) mass is 266 g/mol. The van der Waals surface area contributed by atoms with Crippen LogP contribution in [0.2, 0.25) is 5.02 Å². The average molecular weight is 267 g/mol. The lowest BCUT2D eigenvalue weighted by Gasteiger charge is -2.21. The van der Waals surface area contributed by atoms with Gasteiger partial charge in [-0.15, -0.1) is 0 Å². The van der Waals surface area contributed by atoms with E-state index in [0.29, 0.717) is 16.3 Å². The molecule has 0 amide bonds. The maximum atomic E-state index is 9.08. The second-order valence-electron chi connectivity index (χ2n) is 4.77. The molecular formula is C14H19ClN2O. The van der Waals surface area contributed by atoms with Crippen LogP contribution in [-0.2, 0) is 0 Å². The Kier molecular flexibility index (Phi) is 5.97. The molecule has 1 aromatic carbocycles. The number of nitrogens with two attached hydrogens (primary N) is 1. The van der Waals surface area contributed by atoms with Gasteiger partial charge in [0.25, 0.3) is 0 Å². The van der Waals surface area contributed by atoms with Crippen molar-refractivity contribution in [1.29, 1.82) is 5.26 Å². The van der Waals surface area contributed by atoms with Crippen molar-refractivity contribution < 1.29 is 5.11 Å². The number of nitrogens with zero attached hydrogens (tertiary/aromatic N) is 1. The number of aliphatic hydroxyl groups is 1. The minimum Gasteiger partial charge on any atom is -0.398 e. The van der Waals surface area contributed by atoms with E-state index in [1.165, 1.54) is 12.8 Å². The number of aliphatic hydroxyl groups excluding tert-OH is 1. The summed E-state index contributed by atoms with van der Waals surface area (Å²) in [5.41, 5.74) is 6.31. The Bertz CT molecular complexity index is 420. The molecule has 98 valence electrons. The molecule has 0 heterocycles. The van der Waals surface area contributed by atoms with Crippen molar-refractivity contribution in [2.75, 3.05) is 5.73 Å². The van der Waals surface area contributed by atoms with Crippen LogP contribution in [0, 0.1) is 17.2 Å². The number of halogens is 1. The van der Waals surface area contributed by atoms with Gasteiger partial charge in [-0.2, -0.15) is 5.26 Å². The SMILES string of the molecule is CC1CCCC(O)C1.N#Cc1ccc(Cl)cc1N. The molecule has 1 saturated carbocycles. The van der Waals surface area contributed by atoms with Gasteiger partial charge < -0.3 is 10.8 Å². The molecule has 1 aliphatic rings. The van der Waals surface area contributed by atoms with Gasteiger partial charge >= 0.3 is 0 Å². The molecule has 4 heteroatoms. The second kappa shape index (κ2) is 7.25. The van der Waals surface area contributed by atoms with Crippen molar-refractivity contribution in [1.82, 2.24) is 0 Å². The fraction of sp³-hybridized carbons (Fsp3) is 0.500. The van der Waals surface area contributed by atoms with Crippen LogP contribution in [0.1, 0.15) is 38.2 Å². The highest BCUT2D eigenvalue weighted by atomic mass is 35.5. The summed E-state index contributed by atoms with van der Waals surface area (Å²) in [7, 11) is 0. The van der Waals surface area contributed by atoms with Gasteiger partial charge in [0.05, 0.1) is 17.4 Å². The Morgan fingerprint density at radius 3 is 2.61 bits per heavy atom. The molecule has 0 aromatic heterocycles. The summed E-state index contributed by atoms with van der Waals surface area (Å²) in [5, 5.41) is 18.1. The minimum atomic E-state index is 0.0127. The minimum absolute atomic E-state index is 0.0127. The molecule has 18 heavy (non-hydrogen) atoms. The first-order chi connectivity index (χ1) is 8.52. The summed E-state index contributed by atoms with van der Waals surface area (Å²) in [6, 6.07) is 6.72. The van der Waals surface area contributed by atoms with Crippen LogP contribution in [0.3, 0.4) is 0 Å². The van der Waals surface area contributed by atoms with Crippen molar-refractivity contribution in [3.05, 3.63) is 28.8 Å². The van der Waals surface area contributed by atoms with E-state index < -0.39 is 0 Å². The molecule has 0 radical (unpaired) electrons. The second-order valence-corrected chi connectivity index (χ2v) is 5.21. The fourth-order valence-electron chi connectivity index (χ4n) is 2.04. The zero-order chi connectivity index (χ0) is 13.5. The Labute approximate surface area is 113 Å². The quantitative estimate of drug-likeness (QED) is 0.708. The number of hydrogen-bond donors (Lipinski definition) is 2. The molecule has 0 spiro atoms. The van der Waals surface area contributed by atoms with Crippen molar-refractivity contribution in [2.45, 2.75) is 38.7 Å². The van der Waals surface area contributed by atoms with Gasteiger partial charge in [-0.05, 0) is 37.0 Å². The Morgan fingerprint density at radius 1 is 1.44 bits per heavy atom. The van der Waals surface area contributed by atoms with Gasteiger partial charge in [0, 0.05) is 5.02 Å². The third-order valence-electron chi connectivity index (χ3n) is 3.04. The number of rotatable bonds is 0. The fourth-order valence-corrected chi connectivity index (χ4v) is 2.22. The van der Waals surface area contributed by atoms with Crippen LogP contribution >= 0.6 is 11.6 Å². The van der Waals surface area contributed by atoms with Crippen molar-refractivity contribution in [3.8, 4) is 6.07 Å². The van der Waals surface area contributed by atoms with E-state index in [0.717, 1.165) is 18.8 Å². The average Bonchev–Trinajstić information content (AvgIpc) is 2.29. The van der Waals surface area contributed by atoms with E-state index in [1.807, 2.05) is 6.07 Å². The lowest BCUT2D eigenvalue weighted by molar-refractivity contribution is 0.106. The molecule has 1 aromatic rings. The zero-order valence-electron chi connectivity index (χ0n) is 10.6. The van der Waals surface area contributed by atoms with Crippen LogP contribution < -0.4 is 5.73 Å². The highest BCUT2D eigenvalue weighted by Crippen LogP contribution is 2.22. The third-order valence-corrected chi connectivity index (χ3v) is 3.28. The molecule has 0 aliphatic heterocycles. The predicted octanol–water partition coefficient (Wildman–Crippen LogP) is 3.35. The van der Waals surface area contributed by atoms with Gasteiger partial charge in [-0.3, -0.25) is 0 Å². The van der Waals surface area contributed by atoms with E-state index in [4.69, 9.17) is 27.7 Å². The van der Waals surface area contributed by atoms with E-state index in [9.17, 15) is 0 Å². The van der Waals surface area contributed by atoms with Crippen LogP contribution in [0.4, 0.5) is 5.69 Å². The maximum absolute atomic E-state index is 9.08. The molecule has 1 aliphatic carbocycles. The first kappa shape index (κ1) is 14.8. The smallest absolute Gasteiger partial charge is 0.101 e. The highest BCUT2D eigenvalue weighted by Gasteiger charge is 2.15. The van der Waals surface area contributed by atoms with Gasteiger partial charge in [0.2, 0.25) is 0 Å². The number of benzene rings is 1. The first-order valence-corrected chi connectivity index (χ1v) is 6.54. The largest absolute Gasteiger partial charge is 0.398 e. The van der Waals surface area contributed by atoms with Gasteiger partial charge in [-0.1, -0.05) is 31.4 Å². The summed E-state index contributed by atoms with van der Waals surface area (Å²) < 4.78 is 0. The van der Waals surface area contributed by atoms with Gasteiger partial charge in [-0.25, -0.2) is 0 Å². The van der Waals surface area contributed by atoms with Crippen LogP contribution in [0.5, 0.6) is 0 Å². The van der Waals surface area contributed by atoms with E-state index >= 15 is 0 Å². The Morgan fingerprint density at radius 2 is 2.17 bits per heavy atom. The molecule has 0 bridgehead atoms. The van der Waals surface area contributed by atoms with Crippen molar-refractivity contribution in [3.63, 3.8) is 0 Å². The normalized spacial score (nSPS) is 22.6. The lowest BCUT2D eigenvalue weighted by atomic mass is 9.89. The Hall–Kier alpha value is -1.24. The molecular weight excluding hydrogens is 248 g/mol. The topological polar surface area (TPSA) is 70.0 Å². The predicted molar refractivity (Wildman–Crippen MR) is 74.2 cm³/mol. The number of anilines is 1. The first-order valence-electron chi connectivity index (χ1n) is 6.16. The van der Waals surface area contributed by atoms with Crippen LogP contribution in [0.15, 0.2) is 18.2 Å². The summed E-state index contributed by atoms with van der Waals surface area (Å²) in [4.78, 5) is 0. The Balaban J connectivity index is 0.000000184. The zero-order valence-corrected chi connectivity index (χ0v) is 11.3. The van der Waals surface area contributed by atoms with E-state index in [1.54, 1.807) is 18.2 Å². The highest BCUT2D eigenvalue weighted by molar-refractivity contribution is 6.30. The summed E-state index contributed by atoms with van der Waals surface area (Å²) >= 11 is 5.58. The summed E-state index contributed by atoms with van der Waals surface area (Å²) in [6.07, 6.45) is 4.61. The number of nitrogen functional groups attached to an aromatic ring is 1. The lowest BCUT2D eigenvalue weighted by Crippen LogP contribution is -2.16. The van der Waals surface area contributed by atoms with E-state index in [-0.39, 0.29) is 6.10 Å². The molecule has 0 saturated heterocycles. The molecule has 2 rings (SSSR count). The molecule has 3 N–H and O–H groups in total. The molecule has 2 atom stereocenters. The molecule has 3 nitrogen and oxygen atoms in total. The summed E-state index contributed by atoms with van der Waals surface area (Å²) in [6.45, 7) is 2.21. The van der Waals surface area contributed by atoms with Crippen LogP contribution in [0.25, 0.3) is 0 Å². The van der Waals surface area contributed by atoms with Gasteiger partial charge in [0.15, 0.2) is 0 Å². The third kappa shape index (κ3) is 4.95. The number of nitriles is 1. The maximum Gasteiger partial charge on any atom is 0.101 e. The van der Waals surface area contributed by atoms with Crippen molar-refractivity contribution >= 4 is 17.3 Å². The van der Waals surface area contributed by atoms with Crippen LogP contribution in [-0.4, -0.2) is 11.2 Å². The summed E-state index contributed by atoms with van der Waals surface area (Å²) in [5.74, 6) is 0.763. The van der Waals surface area contributed by atoms with Crippen molar-refractivity contribution in [2.24, 2.45) is 5.92 Å². The molecule has 2 unspecified atom stereocenters. The van der Waals surface area contributed by atoms with E-state index in [2.05, 4.69) is 6.92 Å². The molecule has 1 fully saturated rings.